The predicted octanol–water partition coefficient (Wildman–Crippen LogP) is 7.41. The van der Waals surface area contributed by atoms with E-state index in [1.807, 2.05) is 12.1 Å². The molecule has 0 bridgehead atoms. The standard InChI is InChI=1S/C28H34ClNO2/c1-3-20(11-10-19-8-6-5-7-9-19)24-17-23(13-12-21(24)4-2)32-27-16-22-14-15-30-28(31)25(22)18-26(27)29/h5-9,14-16,18,20-21,23-24H,3-4,10-13,17H2,1-2H3,(H,30,31)/t20?,21-,23-,24+/m0/s1. The zero-order valence-electron chi connectivity index (χ0n) is 19.1. The molecule has 4 atom stereocenters. The van der Waals surface area contributed by atoms with Gasteiger partial charge < -0.3 is 9.72 Å². The summed E-state index contributed by atoms with van der Waals surface area (Å²) >= 11 is 6.52. The van der Waals surface area contributed by atoms with Crippen molar-refractivity contribution in [2.45, 2.75) is 64.9 Å². The van der Waals surface area contributed by atoms with Crippen molar-refractivity contribution >= 4 is 22.4 Å². The molecule has 0 radical (unpaired) electrons. The molecule has 4 heteroatoms. The minimum atomic E-state index is -0.122. The third-order valence-corrected chi connectivity index (χ3v) is 7.72. The van der Waals surface area contributed by atoms with Crippen LogP contribution in [-0.4, -0.2) is 11.1 Å². The fraction of sp³-hybridized carbons (Fsp3) is 0.464. The van der Waals surface area contributed by atoms with Crippen LogP contribution in [-0.2, 0) is 6.42 Å². The van der Waals surface area contributed by atoms with Crippen LogP contribution < -0.4 is 10.3 Å². The third-order valence-electron chi connectivity index (χ3n) is 7.42. The molecule has 1 heterocycles. The van der Waals surface area contributed by atoms with Gasteiger partial charge in [-0.3, -0.25) is 4.79 Å². The molecule has 1 saturated carbocycles. The van der Waals surface area contributed by atoms with Crippen LogP contribution in [0.3, 0.4) is 0 Å². The lowest BCUT2D eigenvalue weighted by Gasteiger charge is -2.40. The first-order valence-corrected chi connectivity index (χ1v) is 12.5. The van der Waals surface area contributed by atoms with Crippen LogP contribution >= 0.6 is 11.6 Å². The normalized spacial score (nSPS) is 22.0. The summed E-state index contributed by atoms with van der Waals surface area (Å²) in [7, 11) is 0. The van der Waals surface area contributed by atoms with Gasteiger partial charge in [0.2, 0.25) is 0 Å². The second kappa shape index (κ2) is 10.6. The highest BCUT2D eigenvalue weighted by atomic mass is 35.5. The minimum absolute atomic E-state index is 0.122. The summed E-state index contributed by atoms with van der Waals surface area (Å²) in [6.45, 7) is 4.67. The lowest BCUT2D eigenvalue weighted by molar-refractivity contribution is 0.0519. The summed E-state index contributed by atoms with van der Waals surface area (Å²) in [5.74, 6) is 2.84. The molecule has 0 spiro atoms. The molecule has 1 N–H and O–H groups in total. The van der Waals surface area contributed by atoms with E-state index in [0.29, 0.717) is 28.0 Å². The molecule has 4 rings (SSSR count). The van der Waals surface area contributed by atoms with Crippen molar-refractivity contribution in [3.63, 3.8) is 0 Å². The van der Waals surface area contributed by atoms with Gasteiger partial charge in [0.1, 0.15) is 5.75 Å². The van der Waals surface area contributed by atoms with Crippen LogP contribution in [0.25, 0.3) is 10.8 Å². The molecular weight excluding hydrogens is 418 g/mol. The molecule has 2 aromatic carbocycles. The van der Waals surface area contributed by atoms with Gasteiger partial charge in [0, 0.05) is 11.6 Å². The number of hydrogen-bond acceptors (Lipinski definition) is 2. The number of rotatable bonds is 8. The Bertz CT molecular complexity index is 1080. The largest absolute Gasteiger partial charge is 0.489 e. The molecule has 32 heavy (non-hydrogen) atoms. The van der Waals surface area contributed by atoms with Crippen molar-refractivity contribution < 1.29 is 4.74 Å². The number of nitrogens with one attached hydrogen (secondary N) is 1. The molecule has 1 aliphatic rings. The monoisotopic (exact) mass is 451 g/mol. The zero-order valence-corrected chi connectivity index (χ0v) is 19.9. The Kier molecular flexibility index (Phi) is 7.57. The zero-order chi connectivity index (χ0) is 22.5. The van der Waals surface area contributed by atoms with E-state index >= 15 is 0 Å². The second-order valence-electron chi connectivity index (χ2n) is 9.25. The van der Waals surface area contributed by atoms with Gasteiger partial charge in [0.15, 0.2) is 0 Å². The molecule has 0 saturated heterocycles. The second-order valence-corrected chi connectivity index (χ2v) is 9.66. The smallest absolute Gasteiger partial charge is 0.255 e. The van der Waals surface area contributed by atoms with Crippen LogP contribution in [0, 0.1) is 17.8 Å². The highest BCUT2D eigenvalue weighted by Crippen LogP contribution is 2.42. The van der Waals surface area contributed by atoms with Crippen LogP contribution in [0.4, 0.5) is 0 Å². The lowest BCUT2D eigenvalue weighted by atomic mass is 9.68. The fourth-order valence-electron chi connectivity index (χ4n) is 5.60. The summed E-state index contributed by atoms with van der Waals surface area (Å²) in [5, 5.41) is 1.98. The van der Waals surface area contributed by atoms with Crippen molar-refractivity contribution in [1.29, 1.82) is 0 Å². The van der Waals surface area contributed by atoms with E-state index in [9.17, 15) is 4.79 Å². The van der Waals surface area contributed by atoms with Crippen LogP contribution in [0.5, 0.6) is 5.75 Å². The number of halogens is 1. The first kappa shape index (κ1) is 22.9. The van der Waals surface area contributed by atoms with Crippen molar-refractivity contribution in [2.75, 3.05) is 0 Å². The maximum atomic E-state index is 12.1. The average molecular weight is 452 g/mol. The maximum Gasteiger partial charge on any atom is 0.255 e. The Hall–Kier alpha value is -2.26. The highest BCUT2D eigenvalue weighted by molar-refractivity contribution is 6.32. The number of aromatic nitrogens is 1. The summed E-state index contributed by atoms with van der Waals surface area (Å²) in [4.78, 5) is 14.8. The fourth-order valence-corrected chi connectivity index (χ4v) is 5.80. The van der Waals surface area contributed by atoms with Crippen LogP contribution in [0.2, 0.25) is 5.02 Å². The number of aryl methyl sites for hydroxylation is 1. The number of H-pyrrole nitrogens is 1. The highest BCUT2D eigenvalue weighted by Gasteiger charge is 2.35. The van der Waals surface area contributed by atoms with E-state index in [4.69, 9.17) is 16.3 Å². The Morgan fingerprint density at radius 1 is 1.12 bits per heavy atom. The van der Waals surface area contributed by atoms with E-state index < -0.39 is 0 Å². The molecular formula is C28H34ClNO2. The lowest BCUT2D eigenvalue weighted by Crippen LogP contribution is -2.35. The van der Waals surface area contributed by atoms with Gasteiger partial charge in [-0.2, -0.15) is 0 Å². The number of aromatic amines is 1. The molecule has 0 amide bonds. The predicted molar refractivity (Wildman–Crippen MR) is 134 cm³/mol. The molecule has 1 aromatic heterocycles. The summed E-state index contributed by atoms with van der Waals surface area (Å²) in [5.41, 5.74) is 1.31. The van der Waals surface area contributed by atoms with Gasteiger partial charge in [-0.05, 0) is 79.0 Å². The Morgan fingerprint density at radius 3 is 2.69 bits per heavy atom. The summed E-state index contributed by atoms with van der Waals surface area (Å²) in [6, 6.07) is 16.4. The average Bonchev–Trinajstić information content (AvgIpc) is 2.81. The molecule has 1 aliphatic carbocycles. The maximum absolute atomic E-state index is 12.1. The first-order chi connectivity index (χ1) is 15.6. The van der Waals surface area contributed by atoms with Crippen molar-refractivity contribution in [3.8, 4) is 5.75 Å². The minimum Gasteiger partial charge on any atom is -0.489 e. The van der Waals surface area contributed by atoms with Crippen molar-refractivity contribution in [3.05, 3.63) is 75.7 Å². The molecule has 0 aliphatic heterocycles. The molecule has 3 aromatic rings. The van der Waals surface area contributed by atoms with E-state index in [0.717, 1.165) is 30.6 Å². The van der Waals surface area contributed by atoms with Gasteiger partial charge >= 0.3 is 0 Å². The summed E-state index contributed by atoms with van der Waals surface area (Å²) < 4.78 is 6.47. The van der Waals surface area contributed by atoms with E-state index in [2.05, 4.69) is 49.2 Å². The quantitative estimate of drug-likeness (QED) is 0.387. The number of fused-ring (bicyclic) bond motifs is 1. The van der Waals surface area contributed by atoms with Crippen LogP contribution in [0.1, 0.15) is 57.9 Å². The Labute approximate surface area is 196 Å². The van der Waals surface area contributed by atoms with Gasteiger partial charge in [-0.1, -0.05) is 68.6 Å². The first-order valence-electron chi connectivity index (χ1n) is 12.1. The van der Waals surface area contributed by atoms with Crippen molar-refractivity contribution in [1.82, 2.24) is 4.98 Å². The van der Waals surface area contributed by atoms with E-state index in [1.165, 1.54) is 31.2 Å². The molecule has 3 nitrogen and oxygen atoms in total. The molecule has 1 fully saturated rings. The third kappa shape index (κ3) is 5.20. The van der Waals surface area contributed by atoms with Gasteiger partial charge in [-0.25, -0.2) is 0 Å². The van der Waals surface area contributed by atoms with Crippen LogP contribution in [0.15, 0.2) is 59.5 Å². The van der Waals surface area contributed by atoms with Gasteiger partial charge in [0.05, 0.1) is 11.1 Å². The number of pyridine rings is 1. The topological polar surface area (TPSA) is 42.1 Å². The summed E-state index contributed by atoms with van der Waals surface area (Å²) in [6.07, 6.45) is 10.0. The Morgan fingerprint density at radius 2 is 1.94 bits per heavy atom. The van der Waals surface area contributed by atoms with Gasteiger partial charge in [0.25, 0.3) is 5.56 Å². The molecule has 170 valence electrons. The van der Waals surface area contributed by atoms with Gasteiger partial charge in [-0.15, -0.1) is 0 Å². The SMILES string of the molecule is CCC(CCc1ccccc1)[C@H]1C[C@@H](Oc2cc3cc[nH]c(=O)c3cc2Cl)CC[C@@H]1CC. The van der Waals surface area contributed by atoms with Crippen molar-refractivity contribution in [2.24, 2.45) is 17.8 Å². The Balaban J connectivity index is 1.48. The van der Waals surface area contributed by atoms with E-state index in [-0.39, 0.29) is 11.7 Å². The number of hydrogen-bond donors (Lipinski definition) is 1. The number of benzene rings is 2. The number of ether oxygens (including phenoxy) is 1. The van der Waals surface area contributed by atoms with E-state index in [1.54, 1.807) is 12.3 Å². The molecule has 1 unspecified atom stereocenters.